The minimum absolute atomic E-state index is 0.229. The van der Waals surface area contributed by atoms with Crippen molar-refractivity contribution in [1.82, 2.24) is 10.2 Å². The Bertz CT molecular complexity index is 1450. The van der Waals surface area contributed by atoms with Gasteiger partial charge in [-0.05, 0) is 96.6 Å². The molecule has 0 aliphatic heterocycles. The molecule has 0 saturated carbocycles. The molecule has 3 aromatic rings. The number of rotatable bonds is 10. The van der Waals surface area contributed by atoms with Gasteiger partial charge < -0.3 is 20.3 Å². The normalized spacial score (nSPS) is 13.0. The van der Waals surface area contributed by atoms with Crippen LogP contribution in [0.3, 0.4) is 0 Å². The summed E-state index contributed by atoms with van der Waals surface area (Å²) in [6.07, 6.45) is 0.110. The van der Waals surface area contributed by atoms with Gasteiger partial charge >= 0.3 is 6.09 Å². The van der Waals surface area contributed by atoms with E-state index in [0.29, 0.717) is 6.42 Å². The lowest BCUT2D eigenvalue weighted by atomic mass is 9.89. The number of carbonyl (C=O) groups is 3. The highest BCUT2D eigenvalue weighted by molar-refractivity contribution is 6.00. The summed E-state index contributed by atoms with van der Waals surface area (Å²) in [7, 11) is 0. The highest BCUT2D eigenvalue weighted by atomic mass is 16.6. The molecule has 3 aromatic carbocycles. The molecular formula is C37H49N3O4. The number of anilines is 1. The number of carbonyl (C=O) groups excluding carboxylic acids is 3. The minimum atomic E-state index is -0.987. The number of alkyl carbamates (subject to hydrolysis) is 1. The summed E-state index contributed by atoms with van der Waals surface area (Å²) in [6.45, 7) is 19.1. The van der Waals surface area contributed by atoms with E-state index in [2.05, 4.69) is 10.6 Å². The number of para-hydroxylation sites is 1. The van der Waals surface area contributed by atoms with Gasteiger partial charge in [0.15, 0.2) is 0 Å². The van der Waals surface area contributed by atoms with Gasteiger partial charge in [-0.15, -0.1) is 0 Å². The molecule has 0 radical (unpaired) electrons. The van der Waals surface area contributed by atoms with Crippen LogP contribution < -0.4 is 10.6 Å². The Morgan fingerprint density at radius 1 is 0.818 bits per heavy atom. The summed E-state index contributed by atoms with van der Waals surface area (Å²) >= 11 is 0. The van der Waals surface area contributed by atoms with Crippen LogP contribution in [-0.2, 0) is 20.7 Å². The minimum Gasteiger partial charge on any atom is -0.444 e. The summed E-state index contributed by atoms with van der Waals surface area (Å²) in [4.78, 5) is 44.2. The predicted molar refractivity (Wildman–Crippen MR) is 178 cm³/mol. The number of benzene rings is 3. The fourth-order valence-electron chi connectivity index (χ4n) is 5.35. The Morgan fingerprint density at radius 2 is 1.43 bits per heavy atom. The molecule has 7 nitrogen and oxygen atoms in total. The summed E-state index contributed by atoms with van der Waals surface area (Å²) in [5.74, 6) is -0.687. The van der Waals surface area contributed by atoms with Gasteiger partial charge in [0.25, 0.3) is 5.91 Å². The van der Waals surface area contributed by atoms with Gasteiger partial charge in [0.1, 0.15) is 17.7 Å². The van der Waals surface area contributed by atoms with Gasteiger partial charge in [-0.1, -0.05) is 79.2 Å². The van der Waals surface area contributed by atoms with Crippen LogP contribution in [0.25, 0.3) is 0 Å². The third-order valence-electron chi connectivity index (χ3n) is 7.98. The molecule has 2 atom stereocenters. The first-order valence-electron chi connectivity index (χ1n) is 15.3. The van der Waals surface area contributed by atoms with Crippen molar-refractivity contribution in [3.8, 4) is 0 Å². The van der Waals surface area contributed by atoms with E-state index < -0.39 is 29.3 Å². The zero-order chi connectivity index (χ0) is 32.8. The predicted octanol–water partition coefficient (Wildman–Crippen LogP) is 7.75. The number of amides is 3. The second kappa shape index (κ2) is 14.1. The molecular weight excluding hydrogens is 550 g/mol. The zero-order valence-corrected chi connectivity index (χ0v) is 28.0. The van der Waals surface area contributed by atoms with Crippen LogP contribution in [0.2, 0.25) is 0 Å². The van der Waals surface area contributed by atoms with Crippen molar-refractivity contribution < 1.29 is 19.1 Å². The largest absolute Gasteiger partial charge is 0.444 e. The Balaban J connectivity index is 2.20. The second-order valence-corrected chi connectivity index (χ2v) is 13.3. The van der Waals surface area contributed by atoms with Crippen LogP contribution in [0.1, 0.15) is 87.4 Å². The monoisotopic (exact) mass is 599 g/mol. The number of hydrogen-bond acceptors (Lipinski definition) is 4. The van der Waals surface area contributed by atoms with Gasteiger partial charge in [0.2, 0.25) is 5.91 Å². The maximum atomic E-state index is 14.9. The van der Waals surface area contributed by atoms with Crippen LogP contribution in [0.4, 0.5) is 10.5 Å². The van der Waals surface area contributed by atoms with Crippen LogP contribution in [0.5, 0.6) is 0 Å². The number of ether oxygens (including phenoxy) is 1. The van der Waals surface area contributed by atoms with Gasteiger partial charge in [0, 0.05) is 17.6 Å². The van der Waals surface area contributed by atoms with E-state index in [0.717, 1.165) is 39.1 Å². The maximum absolute atomic E-state index is 14.9. The fourth-order valence-corrected chi connectivity index (χ4v) is 5.35. The van der Waals surface area contributed by atoms with Crippen molar-refractivity contribution in [2.45, 2.75) is 105 Å². The van der Waals surface area contributed by atoms with Gasteiger partial charge in [0.05, 0.1) is 0 Å². The average molecular weight is 600 g/mol. The van der Waals surface area contributed by atoms with E-state index in [1.54, 1.807) is 25.7 Å². The summed E-state index contributed by atoms with van der Waals surface area (Å²) in [5, 5.41) is 6.02. The molecule has 0 fully saturated rings. The average Bonchev–Trinajstić information content (AvgIpc) is 2.93. The smallest absolute Gasteiger partial charge is 0.408 e. The van der Waals surface area contributed by atoms with Crippen molar-refractivity contribution in [2.75, 3.05) is 5.32 Å². The van der Waals surface area contributed by atoms with Crippen LogP contribution in [0, 0.1) is 27.7 Å². The third kappa shape index (κ3) is 8.71. The molecule has 0 heterocycles. The zero-order valence-electron chi connectivity index (χ0n) is 28.0. The number of aryl methyl sites for hydroxylation is 4. The molecule has 3 amide bonds. The topological polar surface area (TPSA) is 87.7 Å². The summed E-state index contributed by atoms with van der Waals surface area (Å²) in [5.41, 5.74) is 4.63. The van der Waals surface area contributed by atoms with Gasteiger partial charge in [-0.3, -0.25) is 9.59 Å². The maximum Gasteiger partial charge on any atom is 0.408 e. The molecule has 3 rings (SSSR count). The Labute approximate surface area is 263 Å². The van der Waals surface area contributed by atoms with E-state index in [4.69, 9.17) is 4.74 Å². The highest BCUT2D eigenvalue weighted by Gasteiger charge is 2.43. The number of nitrogens with zero attached hydrogens (tertiary/aromatic N) is 1. The van der Waals surface area contributed by atoms with Crippen LogP contribution in [0.15, 0.2) is 66.7 Å². The van der Waals surface area contributed by atoms with Crippen molar-refractivity contribution in [1.29, 1.82) is 0 Å². The van der Waals surface area contributed by atoms with Crippen molar-refractivity contribution in [3.05, 3.63) is 100 Å². The standard InChI is InChI=1S/C37H49N3O4/c1-11-37(9,10)40(34(42)30(23-28-18-13-12-14-19-28)38-35(43)44-36(6,7)8)32(29-21-20-24(2)22-27(29)5)33(41)39-31-25(3)16-15-17-26(31)4/h12-22,30,32H,11,23H2,1-10H3,(H,38,43)(H,39,41). The molecule has 2 N–H and O–H groups in total. The van der Waals surface area contributed by atoms with Gasteiger partial charge in [-0.25, -0.2) is 4.79 Å². The fraction of sp³-hybridized carbons (Fsp3) is 0.432. The Kier molecular flexibility index (Phi) is 11.0. The lowest BCUT2D eigenvalue weighted by Gasteiger charge is -2.45. The molecule has 0 saturated heterocycles. The van der Waals surface area contributed by atoms with Crippen LogP contribution in [-0.4, -0.2) is 40.0 Å². The van der Waals surface area contributed by atoms with Crippen molar-refractivity contribution in [2.24, 2.45) is 0 Å². The molecule has 0 aliphatic carbocycles. The molecule has 236 valence electrons. The van der Waals surface area contributed by atoms with E-state index in [-0.39, 0.29) is 18.2 Å². The first-order chi connectivity index (χ1) is 20.5. The first-order valence-corrected chi connectivity index (χ1v) is 15.3. The second-order valence-electron chi connectivity index (χ2n) is 13.3. The van der Waals surface area contributed by atoms with E-state index in [9.17, 15) is 14.4 Å². The van der Waals surface area contributed by atoms with Crippen molar-refractivity contribution in [3.63, 3.8) is 0 Å². The van der Waals surface area contributed by atoms with Gasteiger partial charge in [-0.2, -0.15) is 0 Å². The van der Waals surface area contributed by atoms with E-state index >= 15 is 0 Å². The molecule has 2 unspecified atom stereocenters. The van der Waals surface area contributed by atoms with E-state index in [1.807, 2.05) is 115 Å². The molecule has 0 aliphatic rings. The Morgan fingerprint density at radius 3 is 1.98 bits per heavy atom. The SMILES string of the molecule is CCC(C)(C)N(C(=O)C(Cc1ccccc1)NC(=O)OC(C)(C)C)C(C(=O)Nc1c(C)cccc1C)c1ccc(C)cc1C. The van der Waals surface area contributed by atoms with E-state index in [1.165, 1.54) is 0 Å². The van der Waals surface area contributed by atoms with Crippen molar-refractivity contribution >= 4 is 23.6 Å². The highest BCUT2D eigenvalue weighted by Crippen LogP contribution is 2.35. The summed E-state index contributed by atoms with van der Waals surface area (Å²) in [6, 6.07) is 19.3. The lowest BCUT2D eigenvalue weighted by Crippen LogP contribution is -2.59. The number of nitrogens with one attached hydrogen (secondary N) is 2. The molecule has 44 heavy (non-hydrogen) atoms. The molecule has 0 bridgehead atoms. The lowest BCUT2D eigenvalue weighted by molar-refractivity contribution is -0.147. The van der Waals surface area contributed by atoms with Crippen LogP contribution >= 0.6 is 0 Å². The Hall–Kier alpha value is -4.13. The quantitative estimate of drug-likeness (QED) is 0.249. The number of hydrogen-bond donors (Lipinski definition) is 2. The molecule has 7 heteroatoms. The summed E-state index contributed by atoms with van der Waals surface area (Å²) < 4.78 is 5.58. The molecule has 0 aromatic heterocycles. The third-order valence-corrected chi connectivity index (χ3v) is 7.98. The first kappa shape index (κ1) is 34.4. The molecule has 0 spiro atoms.